The predicted octanol–water partition coefficient (Wildman–Crippen LogP) is 8.80. The molecule has 0 aromatic heterocycles. The van der Waals surface area contributed by atoms with Gasteiger partial charge in [0, 0.05) is 0 Å². The summed E-state index contributed by atoms with van der Waals surface area (Å²) < 4.78 is 9.71. The Morgan fingerprint density at radius 1 is 0.593 bits per heavy atom. The number of unbranched alkanes of at least 4 members (excludes halogenated alkanes) is 13. The van der Waals surface area contributed by atoms with E-state index >= 15 is 0 Å². The minimum atomic E-state index is -2.64. The summed E-state index contributed by atoms with van der Waals surface area (Å²) in [7, 11) is 0. The summed E-state index contributed by atoms with van der Waals surface area (Å²) in [6.07, 6.45) is 20.7. The Morgan fingerprint density at radius 2 is 1.00 bits per heavy atom. The van der Waals surface area contributed by atoms with Gasteiger partial charge in [-0.1, -0.05) is 13.3 Å². The van der Waals surface area contributed by atoms with Crippen molar-refractivity contribution in [1.82, 2.24) is 0 Å². The van der Waals surface area contributed by atoms with Gasteiger partial charge in [-0.25, -0.2) is 0 Å². The van der Waals surface area contributed by atoms with Crippen LogP contribution in [0.3, 0.4) is 0 Å². The Balaban J connectivity index is 3.75. The molecule has 0 fully saturated rings. The fourth-order valence-electron chi connectivity index (χ4n) is 3.90. The molecule has 3 heteroatoms. The number of carbonyl (C=O) groups is 1. The van der Waals surface area contributed by atoms with E-state index in [1.54, 1.807) is 0 Å². The van der Waals surface area contributed by atoms with Gasteiger partial charge in [-0.15, -0.1) is 0 Å². The SMILES string of the molecule is CCCCCCCCCCCCC[CH2][Sn]([CH2]C)([CH2]C)[O]C(=O)CCCCC. The van der Waals surface area contributed by atoms with E-state index in [2.05, 4.69) is 27.7 Å². The van der Waals surface area contributed by atoms with Gasteiger partial charge in [-0.3, -0.25) is 0 Å². The molecule has 0 aliphatic heterocycles. The summed E-state index contributed by atoms with van der Waals surface area (Å²) in [5.41, 5.74) is 0. The van der Waals surface area contributed by atoms with Crippen molar-refractivity contribution in [1.29, 1.82) is 0 Å². The number of rotatable bonds is 20. The third kappa shape index (κ3) is 15.8. The van der Waals surface area contributed by atoms with Crippen LogP contribution in [-0.4, -0.2) is 24.8 Å². The fourth-order valence-corrected chi connectivity index (χ4v) is 12.7. The van der Waals surface area contributed by atoms with Gasteiger partial charge in [-0.2, -0.15) is 0 Å². The zero-order valence-corrected chi connectivity index (χ0v) is 22.1. The molecule has 27 heavy (non-hydrogen) atoms. The van der Waals surface area contributed by atoms with Crippen molar-refractivity contribution in [2.24, 2.45) is 0 Å². The van der Waals surface area contributed by atoms with E-state index in [-0.39, 0.29) is 5.97 Å². The van der Waals surface area contributed by atoms with Crippen LogP contribution in [0.2, 0.25) is 13.3 Å². The maximum absolute atomic E-state index is 12.2. The van der Waals surface area contributed by atoms with Gasteiger partial charge >= 0.3 is 163 Å². The van der Waals surface area contributed by atoms with Crippen molar-refractivity contribution < 1.29 is 7.87 Å². The summed E-state index contributed by atoms with van der Waals surface area (Å²) in [4.78, 5) is 12.2. The topological polar surface area (TPSA) is 26.3 Å². The molecule has 0 amide bonds. The monoisotopic (exact) mass is 490 g/mol. The van der Waals surface area contributed by atoms with Crippen molar-refractivity contribution in [3.63, 3.8) is 0 Å². The maximum atomic E-state index is 12.2. The summed E-state index contributed by atoms with van der Waals surface area (Å²) in [6.45, 7) is 8.99. The van der Waals surface area contributed by atoms with Crippen LogP contribution in [-0.2, 0) is 7.87 Å². The number of hydrogen-bond donors (Lipinski definition) is 0. The van der Waals surface area contributed by atoms with E-state index in [9.17, 15) is 4.79 Å². The van der Waals surface area contributed by atoms with Crippen LogP contribution in [0.1, 0.15) is 130 Å². The van der Waals surface area contributed by atoms with Gasteiger partial charge in [0.2, 0.25) is 0 Å². The second-order valence-electron chi connectivity index (χ2n) is 8.46. The Hall–Kier alpha value is 0.269. The Labute approximate surface area is 176 Å². The van der Waals surface area contributed by atoms with Crippen LogP contribution in [0.5, 0.6) is 0 Å². The molecule has 0 spiro atoms. The third-order valence-electron chi connectivity index (χ3n) is 6.09. The Bertz CT molecular complexity index is 326. The quantitative estimate of drug-likeness (QED) is 0.126. The molecule has 0 saturated carbocycles. The van der Waals surface area contributed by atoms with Gasteiger partial charge in [0.1, 0.15) is 0 Å². The number of hydrogen-bond acceptors (Lipinski definition) is 2. The summed E-state index contributed by atoms with van der Waals surface area (Å²) in [5, 5.41) is 0. The minimum absolute atomic E-state index is 0.113. The summed E-state index contributed by atoms with van der Waals surface area (Å²) in [5.74, 6) is 0.113. The first-order valence-electron chi connectivity index (χ1n) is 12.4. The van der Waals surface area contributed by atoms with Crippen LogP contribution < -0.4 is 0 Å². The van der Waals surface area contributed by atoms with E-state index in [0.29, 0.717) is 6.42 Å². The first-order valence-corrected chi connectivity index (χ1v) is 19.6. The standard InChI is InChI=1S/C14H29.C6H12O2.2C2H5.Sn/c1-3-5-7-9-11-13-14-12-10-8-6-4-2;1-2-3-4-5-6(7)8;2*1-2;/h1,3-14H2,2H3;2-5H2,1H3,(H,7,8);2*1H2,2H3;/q;;;;+1/p-1. The van der Waals surface area contributed by atoms with E-state index < -0.39 is 18.8 Å². The van der Waals surface area contributed by atoms with Crippen molar-refractivity contribution in [3.8, 4) is 0 Å². The zero-order valence-electron chi connectivity index (χ0n) is 19.3. The second-order valence-corrected chi connectivity index (χ2v) is 21.3. The molecule has 0 aliphatic rings. The predicted molar refractivity (Wildman–Crippen MR) is 123 cm³/mol. The molecule has 0 bridgehead atoms. The molecule has 162 valence electrons. The Morgan fingerprint density at radius 3 is 1.44 bits per heavy atom. The molecule has 0 heterocycles. The van der Waals surface area contributed by atoms with Crippen LogP contribution in [0, 0.1) is 0 Å². The van der Waals surface area contributed by atoms with Crippen molar-refractivity contribution >= 4 is 24.8 Å². The summed E-state index contributed by atoms with van der Waals surface area (Å²) >= 11 is -2.64. The third-order valence-corrected chi connectivity index (χ3v) is 18.9. The normalized spacial score (nSPS) is 11.7. The molecular weight excluding hydrogens is 439 g/mol. The molecule has 0 aliphatic carbocycles. The van der Waals surface area contributed by atoms with Crippen molar-refractivity contribution in [3.05, 3.63) is 0 Å². The van der Waals surface area contributed by atoms with E-state index in [1.807, 2.05) is 0 Å². The molecule has 0 radical (unpaired) electrons. The first-order chi connectivity index (χ1) is 13.1. The van der Waals surface area contributed by atoms with E-state index in [0.717, 1.165) is 21.7 Å². The zero-order chi connectivity index (χ0) is 20.2. The molecule has 0 atom stereocenters. The van der Waals surface area contributed by atoms with Crippen LogP contribution in [0.15, 0.2) is 0 Å². The summed E-state index contributed by atoms with van der Waals surface area (Å²) in [6, 6.07) is 0. The van der Waals surface area contributed by atoms with Gasteiger partial charge in [0.15, 0.2) is 0 Å². The molecule has 0 saturated heterocycles. The molecule has 0 aromatic carbocycles. The second kappa shape index (κ2) is 19.6. The average Bonchev–Trinajstić information content (AvgIpc) is 2.68. The van der Waals surface area contributed by atoms with Gasteiger partial charge in [-0.05, 0) is 0 Å². The first kappa shape index (κ1) is 27.3. The van der Waals surface area contributed by atoms with Crippen molar-refractivity contribution in [2.75, 3.05) is 0 Å². The van der Waals surface area contributed by atoms with Gasteiger partial charge in [0.25, 0.3) is 0 Å². The molecule has 0 N–H and O–H groups in total. The van der Waals surface area contributed by atoms with E-state index in [1.165, 1.54) is 87.9 Å². The van der Waals surface area contributed by atoms with Crippen LogP contribution in [0.25, 0.3) is 0 Å². The van der Waals surface area contributed by atoms with Crippen LogP contribution in [0.4, 0.5) is 0 Å². The van der Waals surface area contributed by atoms with Crippen molar-refractivity contribution in [2.45, 2.75) is 144 Å². The molecule has 0 unspecified atom stereocenters. The molecule has 2 nitrogen and oxygen atoms in total. The van der Waals surface area contributed by atoms with Gasteiger partial charge in [0.05, 0.1) is 0 Å². The average molecular weight is 489 g/mol. The Kier molecular flexibility index (Phi) is 19.8. The fraction of sp³-hybridized carbons (Fsp3) is 0.958. The molecule has 0 rings (SSSR count). The van der Waals surface area contributed by atoms with E-state index in [4.69, 9.17) is 3.07 Å². The molecule has 0 aromatic rings. The van der Waals surface area contributed by atoms with Crippen LogP contribution >= 0.6 is 0 Å². The molecular formula is C24H50O2Sn. The van der Waals surface area contributed by atoms with Gasteiger partial charge < -0.3 is 0 Å². The number of carbonyl (C=O) groups excluding carboxylic acids is 1.